The van der Waals surface area contributed by atoms with Gasteiger partial charge in [-0.2, -0.15) is 0 Å². The van der Waals surface area contributed by atoms with Gasteiger partial charge in [-0.05, 0) is 54.3 Å². The molecule has 0 saturated carbocycles. The lowest BCUT2D eigenvalue weighted by atomic mass is 9.94. The molecule has 1 aromatic heterocycles. The number of ether oxygens (including phenoxy) is 1. The number of rotatable bonds is 5. The number of benzene rings is 2. The molecule has 0 radical (unpaired) electrons. The van der Waals surface area contributed by atoms with E-state index in [1.54, 1.807) is 7.11 Å². The van der Waals surface area contributed by atoms with Crippen LogP contribution >= 0.6 is 11.3 Å². The number of nitrogens with one attached hydrogen (secondary N) is 2. The van der Waals surface area contributed by atoms with E-state index in [4.69, 9.17) is 4.74 Å². The van der Waals surface area contributed by atoms with E-state index in [9.17, 15) is 4.79 Å². The maximum absolute atomic E-state index is 12.0. The van der Waals surface area contributed by atoms with Crippen molar-refractivity contribution in [3.05, 3.63) is 72.3 Å². The summed E-state index contributed by atoms with van der Waals surface area (Å²) < 4.78 is 6.33. The zero-order valence-corrected chi connectivity index (χ0v) is 17.8. The molecule has 0 atom stereocenters. The van der Waals surface area contributed by atoms with Crippen molar-refractivity contribution in [2.75, 3.05) is 19.0 Å². The predicted octanol–water partition coefficient (Wildman–Crippen LogP) is 6.01. The topological polar surface area (TPSA) is 63.2 Å². The van der Waals surface area contributed by atoms with Crippen molar-refractivity contribution in [1.82, 2.24) is 10.3 Å². The first-order valence-corrected chi connectivity index (χ1v) is 10.6. The molecule has 1 aliphatic rings. The maximum atomic E-state index is 12.0. The Bertz CT molecular complexity index is 1170. The highest BCUT2D eigenvalue weighted by Gasteiger charge is 2.15. The fourth-order valence-electron chi connectivity index (χ4n) is 3.38. The molecule has 0 bridgehead atoms. The molecule has 30 heavy (non-hydrogen) atoms. The largest absolute Gasteiger partial charge is 0.497 e. The highest BCUT2D eigenvalue weighted by molar-refractivity contribution is 7.22. The number of hydrogen-bond acceptors (Lipinski definition) is 4. The van der Waals surface area contributed by atoms with Gasteiger partial charge in [0.15, 0.2) is 5.13 Å². The first-order valence-electron chi connectivity index (χ1n) is 9.77. The minimum absolute atomic E-state index is 0.253. The van der Waals surface area contributed by atoms with Crippen LogP contribution in [0.15, 0.2) is 66.8 Å². The van der Waals surface area contributed by atoms with E-state index in [-0.39, 0.29) is 6.03 Å². The SMILES string of the molecule is C=C1C=C(c2cc(-c3ccc(OC)cc3)c3sc(NC(=O)NCC)nc3c2)C=CC1. The van der Waals surface area contributed by atoms with E-state index < -0.39 is 0 Å². The summed E-state index contributed by atoms with van der Waals surface area (Å²) >= 11 is 1.47. The Labute approximate surface area is 179 Å². The molecule has 0 fully saturated rings. The van der Waals surface area contributed by atoms with Crippen LogP contribution in [0, 0.1) is 0 Å². The summed E-state index contributed by atoms with van der Waals surface area (Å²) in [5, 5.41) is 6.14. The minimum Gasteiger partial charge on any atom is -0.497 e. The molecule has 2 N–H and O–H groups in total. The summed E-state index contributed by atoms with van der Waals surface area (Å²) in [4.78, 5) is 16.6. The van der Waals surface area contributed by atoms with Crippen LogP contribution in [0.3, 0.4) is 0 Å². The van der Waals surface area contributed by atoms with Crippen molar-refractivity contribution < 1.29 is 9.53 Å². The van der Waals surface area contributed by atoms with Crippen LogP contribution in [-0.4, -0.2) is 24.7 Å². The average Bonchev–Trinajstić information content (AvgIpc) is 3.15. The van der Waals surface area contributed by atoms with Crippen LogP contribution in [0.5, 0.6) is 5.75 Å². The molecule has 4 rings (SSSR count). The van der Waals surface area contributed by atoms with Crippen molar-refractivity contribution in [1.29, 1.82) is 0 Å². The monoisotopic (exact) mass is 417 g/mol. The van der Waals surface area contributed by atoms with Gasteiger partial charge < -0.3 is 10.1 Å². The summed E-state index contributed by atoms with van der Waals surface area (Å²) in [7, 11) is 1.66. The molecule has 0 spiro atoms. The highest BCUT2D eigenvalue weighted by Crippen LogP contribution is 2.39. The van der Waals surface area contributed by atoms with E-state index in [0.29, 0.717) is 11.7 Å². The molecule has 1 aliphatic carbocycles. The normalized spacial score (nSPS) is 13.3. The van der Waals surface area contributed by atoms with Gasteiger partial charge in [-0.3, -0.25) is 5.32 Å². The zero-order valence-electron chi connectivity index (χ0n) is 17.0. The number of carbonyl (C=O) groups is 1. The van der Waals surface area contributed by atoms with Crippen molar-refractivity contribution >= 4 is 38.3 Å². The second-order valence-corrected chi connectivity index (χ2v) is 7.97. The van der Waals surface area contributed by atoms with E-state index >= 15 is 0 Å². The lowest BCUT2D eigenvalue weighted by Gasteiger charge is -2.12. The molecule has 152 valence electrons. The Morgan fingerprint density at radius 2 is 2.03 bits per heavy atom. The van der Waals surface area contributed by atoms with Crippen LogP contribution in [0.4, 0.5) is 9.93 Å². The summed E-state index contributed by atoms with van der Waals surface area (Å²) in [5.41, 5.74) is 6.23. The number of thiazole rings is 1. The molecule has 1 heterocycles. The van der Waals surface area contributed by atoms with Gasteiger partial charge >= 0.3 is 6.03 Å². The maximum Gasteiger partial charge on any atom is 0.321 e. The fourth-order valence-corrected chi connectivity index (χ4v) is 4.36. The number of hydrogen-bond donors (Lipinski definition) is 2. The number of methoxy groups -OCH3 is 1. The summed E-state index contributed by atoms with van der Waals surface area (Å²) in [6, 6.07) is 12.0. The van der Waals surface area contributed by atoms with Gasteiger partial charge in [0.1, 0.15) is 5.75 Å². The number of carbonyl (C=O) groups excluding carboxylic acids is 1. The molecule has 0 unspecified atom stereocenters. The Balaban J connectivity index is 1.84. The van der Waals surface area contributed by atoms with Gasteiger partial charge in [0.05, 0.1) is 17.3 Å². The van der Waals surface area contributed by atoms with Crippen molar-refractivity contribution in [3.63, 3.8) is 0 Å². The van der Waals surface area contributed by atoms with Gasteiger partial charge in [-0.25, -0.2) is 9.78 Å². The van der Waals surface area contributed by atoms with Gasteiger partial charge in [-0.1, -0.05) is 53.8 Å². The molecule has 2 amide bonds. The Kier molecular flexibility index (Phi) is 5.68. The van der Waals surface area contributed by atoms with Crippen LogP contribution in [-0.2, 0) is 0 Å². The molecule has 0 aliphatic heterocycles. The van der Waals surface area contributed by atoms with Gasteiger partial charge in [0, 0.05) is 12.1 Å². The number of amides is 2. The van der Waals surface area contributed by atoms with Crippen LogP contribution in [0.25, 0.3) is 26.9 Å². The summed E-state index contributed by atoms with van der Waals surface area (Å²) in [6.07, 6.45) is 7.22. The molecular formula is C24H23N3O2S. The number of anilines is 1. The average molecular weight is 418 g/mol. The summed E-state index contributed by atoms with van der Waals surface area (Å²) in [5.74, 6) is 0.809. The second-order valence-electron chi connectivity index (χ2n) is 6.97. The third-order valence-corrected chi connectivity index (χ3v) is 5.84. The van der Waals surface area contributed by atoms with E-state index in [1.807, 2.05) is 31.2 Å². The van der Waals surface area contributed by atoms with Crippen LogP contribution in [0.2, 0.25) is 0 Å². The number of allylic oxidation sites excluding steroid dienone is 5. The van der Waals surface area contributed by atoms with E-state index in [1.165, 1.54) is 11.3 Å². The summed E-state index contributed by atoms with van der Waals surface area (Å²) in [6.45, 7) is 6.53. The predicted molar refractivity (Wildman–Crippen MR) is 125 cm³/mol. The quantitative estimate of drug-likeness (QED) is 0.534. The molecule has 6 heteroatoms. The van der Waals surface area contributed by atoms with E-state index in [0.717, 1.165) is 50.2 Å². The van der Waals surface area contributed by atoms with E-state index in [2.05, 4.69) is 52.6 Å². The zero-order chi connectivity index (χ0) is 21.1. The standard InChI is InChI=1S/C24H23N3O2S/c1-4-25-23(28)27-24-26-21-14-18(17-7-5-6-15(2)12-17)13-20(22(21)30-24)16-8-10-19(29-3)11-9-16/h5,7-14H,2,4,6H2,1,3H3,(H2,25,26,27,28). The van der Waals surface area contributed by atoms with Crippen molar-refractivity contribution in [2.24, 2.45) is 0 Å². The number of fused-ring (bicyclic) bond motifs is 1. The van der Waals surface area contributed by atoms with Crippen LogP contribution in [0.1, 0.15) is 18.9 Å². The first-order chi connectivity index (χ1) is 14.6. The molecule has 0 saturated heterocycles. The van der Waals surface area contributed by atoms with Gasteiger partial charge in [0.2, 0.25) is 0 Å². The lowest BCUT2D eigenvalue weighted by molar-refractivity contribution is 0.252. The minimum atomic E-state index is -0.253. The highest BCUT2D eigenvalue weighted by atomic mass is 32.1. The smallest absolute Gasteiger partial charge is 0.321 e. The molecular weight excluding hydrogens is 394 g/mol. The number of nitrogens with zero attached hydrogens (tertiary/aromatic N) is 1. The Hall–Kier alpha value is -3.38. The Morgan fingerprint density at radius 3 is 2.73 bits per heavy atom. The third kappa shape index (κ3) is 4.14. The number of aromatic nitrogens is 1. The number of urea groups is 1. The first kappa shape index (κ1) is 19.9. The van der Waals surface area contributed by atoms with Crippen molar-refractivity contribution in [3.8, 4) is 16.9 Å². The van der Waals surface area contributed by atoms with Gasteiger partial charge in [0.25, 0.3) is 0 Å². The van der Waals surface area contributed by atoms with Crippen LogP contribution < -0.4 is 15.4 Å². The van der Waals surface area contributed by atoms with Gasteiger partial charge in [-0.15, -0.1) is 0 Å². The third-order valence-electron chi connectivity index (χ3n) is 4.82. The molecule has 5 nitrogen and oxygen atoms in total. The Morgan fingerprint density at radius 1 is 1.23 bits per heavy atom. The molecule has 2 aromatic carbocycles. The fraction of sp³-hybridized carbons (Fsp3) is 0.167. The van der Waals surface area contributed by atoms with Crippen molar-refractivity contribution in [2.45, 2.75) is 13.3 Å². The molecule has 3 aromatic rings. The lowest BCUT2D eigenvalue weighted by Crippen LogP contribution is -2.28. The second kappa shape index (κ2) is 8.55.